The largest absolute Gasteiger partial charge is 0.416 e. The average molecular weight is 754 g/mol. The van der Waals surface area contributed by atoms with Crippen molar-refractivity contribution in [1.29, 1.82) is 0 Å². The summed E-state index contributed by atoms with van der Waals surface area (Å²) < 4.78 is 74.9. The molecule has 0 aliphatic heterocycles. The minimum atomic E-state index is -2.38. The van der Waals surface area contributed by atoms with Gasteiger partial charge in [-0.05, 0) is 45.8 Å². The molecule has 2 heterocycles. The lowest BCUT2D eigenvalue weighted by Crippen LogP contribution is -2.22. The van der Waals surface area contributed by atoms with E-state index in [2.05, 4.69) is 15.4 Å². The third-order valence-electron chi connectivity index (χ3n) is 8.36. The van der Waals surface area contributed by atoms with Gasteiger partial charge in [0, 0.05) is 50.0 Å². The van der Waals surface area contributed by atoms with Crippen molar-refractivity contribution in [2.45, 2.75) is 0 Å². The Labute approximate surface area is 307 Å². The molecule has 278 valence electrons. The number of aromatic nitrogens is 2. The lowest BCUT2D eigenvalue weighted by molar-refractivity contribution is 0.0716. The van der Waals surface area contributed by atoms with Crippen molar-refractivity contribution in [1.82, 2.24) is 9.13 Å². The van der Waals surface area contributed by atoms with Crippen molar-refractivity contribution in [3.63, 3.8) is 0 Å². The molecule has 0 radical (unpaired) electrons. The van der Waals surface area contributed by atoms with Gasteiger partial charge in [0.15, 0.2) is 0 Å². The number of rotatable bonds is 7. The number of hydrogen-bond donors (Lipinski definition) is 3. The lowest BCUT2D eigenvalue weighted by atomic mass is 10.1. The van der Waals surface area contributed by atoms with Crippen LogP contribution in [-0.4, -0.2) is 21.0 Å². The van der Waals surface area contributed by atoms with E-state index in [1.807, 2.05) is 66.7 Å². The second kappa shape index (κ2) is 15.4. The number of anilines is 4. The van der Waals surface area contributed by atoms with Crippen LogP contribution >= 0.6 is 0 Å². The van der Waals surface area contributed by atoms with E-state index in [-0.39, 0.29) is 22.4 Å². The van der Waals surface area contributed by atoms with Gasteiger partial charge in [0.2, 0.25) is 34.8 Å². The van der Waals surface area contributed by atoms with Crippen LogP contribution in [0.3, 0.4) is 0 Å². The van der Waals surface area contributed by atoms with Crippen LogP contribution in [0.2, 0.25) is 0 Å². The summed E-state index contributed by atoms with van der Waals surface area (Å²) >= 11 is 0. The Morgan fingerprint density at radius 3 is 1.42 bits per heavy atom. The zero-order chi connectivity index (χ0) is 39.6. The third-order valence-corrected chi connectivity index (χ3v) is 8.36. The maximum absolute atomic E-state index is 13.9. The van der Waals surface area contributed by atoms with Gasteiger partial charge >= 0.3 is 5.97 Å². The van der Waals surface area contributed by atoms with Crippen LogP contribution in [0.1, 0.15) is 20.7 Å². The maximum atomic E-state index is 13.9. The molecule has 0 aliphatic rings. The number of nitrogens with one attached hydrogen (secondary N) is 2. The van der Waals surface area contributed by atoms with Crippen molar-refractivity contribution in [2.24, 2.45) is 19.8 Å². The van der Waals surface area contributed by atoms with Gasteiger partial charge in [0.1, 0.15) is 5.56 Å². The molecule has 0 spiro atoms. The monoisotopic (exact) mass is 753 g/mol. The molecule has 0 saturated carbocycles. The molecule has 10 nitrogen and oxygen atoms in total. The topological polar surface area (TPSA) is 137 Å². The fraction of sp³-hybridized carbons (Fsp3) is 0.0500. The van der Waals surface area contributed by atoms with Crippen LogP contribution < -0.4 is 32.2 Å². The van der Waals surface area contributed by atoms with Crippen LogP contribution in [0.15, 0.2) is 119 Å². The van der Waals surface area contributed by atoms with Crippen molar-refractivity contribution < 1.29 is 36.3 Å². The van der Waals surface area contributed by atoms with E-state index in [1.54, 1.807) is 25.2 Å². The molecule has 5 aromatic carbocycles. The Kier molecular flexibility index (Phi) is 10.5. The van der Waals surface area contributed by atoms with Gasteiger partial charge < -0.3 is 30.2 Å². The molecular weight excluding hydrogens is 725 g/mol. The van der Waals surface area contributed by atoms with E-state index < -0.39 is 52.3 Å². The molecule has 0 fully saturated rings. The number of amides is 1. The Bertz CT molecular complexity index is 2760. The number of ether oxygens (including phenoxy) is 1. The summed E-state index contributed by atoms with van der Waals surface area (Å²) in [6, 6.07) is 28.7. The summed E-state index contributed by atoms with van der Waals surface area (Å²) in [7, 11) is 2.88. The van der Waals surface area contributed by atoms with E-state index in [0.29, 0.717) is 11.4 Å². The van der Waals surface area contributed by atoms with E-state index in [4.69, 9.17) is 5.73 Å². The molecule has 0 saturated heterocycles. The zero-order valence-electron chi connectivity index (χ0n) is 28.8. The molecule has 55 heavy (non-hydrogen) atoms. The Morgan fingerprint density at radius 1 is 0.564 bits per heavy atom. The number of pyridine rings is 2. The van der Waals surface area contributed by atoms with E-state index in [0.717, 1.165) is 44.1 Å². The Balaban J connectivity index is 0.000000203. The highest BCUT2D eigenvalue weighted by molar-refractivity contribution is 5.99. The summed E-state index contributed by atoms with van der Waals surface area (Å²) in [5.74, 6) is -15.3. The molecule has 0 unspecified atom stereocenters. The SMILES string of the molecule is Cn1cc(C(=O)Oc2c(F)c(F)c(F)c(F)c2F)c(Nc2ccc3ccccc3c2)cc1=O.Cn1cc(C(N)=O)c(Nc2ccc3ccccc3c2)cc1=O. The van der Waals surface area contributed by atoms with Crippen molar-refractivity contribution in [2.75, 3.05) is 10.6 Å². The van der Waals surface area contributed by atoms with Crippen LogP contribution in [0.5, 0.6) is 5.75 Å². The molecule has 2 aromatic heterocycles. The normalized spacial score (nSPS) is 10.8. The first-order valence-corrected chi connectivity index (χ1v) is 16.2. The standard InChI is InChI=1S/C23H13F5N2O3.C17H15N3O2/c1-30-10-14(23(32)33-22-20(27)18(25)17(24)19(26)21(22)28)15(9-16(30)31)29-13-7-6-11-4-2-3-5-12(11)8-13;1-20-10-14(17(18)22)15(9-16(20)21)19-13-7-6-11-4-2-3-5-12(11)8-13/h2-10,29H,1H3;2-10,19H,1H3,(H2,18,22). The van der Waals surface area contributed by atoms with Gasteiger partial charge in [-0.3, -0.25) is 14.4 Å². The fourth-order valence-corrected chi connectivity index (χ4v) is 5.49. The quantitative estimate of drug-likeness (QED) is 0.0502. The summed E-state index contributed by atoms with van der Waals surface area (Å²) in [5.41, 5.74) is 6.09. The highest BCUT2D eigenvalue weighted by Gasteiger charge is 2.29. The summed E-state index contributed by atoms with van der Waals surface area (Å²) in [5, 5.41) is 9.91. The average Bonchev–Trinajstić information content (AvgIpc) is 3.17. The molecule has 15 heteroatoms. The first kappa shape index (κ1) is 37.5. The molecule has 0 atom stereocenters. The number of esters is 1. The number of benzene rings is 5. The fourth-order valence-electron chi connectivity index (χ4n) is 5.49. The van der Waals surface area contributed by atoms with Gasteiger partial charge in [-0.15, -0.1) is 0 Å². The van der Waals surface area contributed by atoms with Crippen molar-refractivity contribution >= 4 is 56.2 Å². The van der Waals surface area contributed by atoms with Gasteiger partial charge in [-0.2, -0.15) is 8.78 Å². The van der Waals surface area contributed by atoms with Crippen LogP contribution in [0.4, 0.5) is 44.7 Å². The predicted octanol–water partition coefficient (Wildman–Crippen LogP) is 7.58. The van der Waals surface area contributed by atoms with Gasteiger partial charge in [-0.25, -0.2) is 18.0 Å². The summed E-state index contributed by atoms with van der Waals surface area (Å²) in [4.78, 5) is 48.1. The van der Waals surface area contributed by atoms with E-state index in [1.165, 1.54) is 23.9 Å². The molecule has 1 amide bonds. The van der Waals surface area contributed by atoms with E-state index in [9.17, 15) is 41.1 Å². The Hall–Kier alpha value is -7.29. The van der Waals surface area contributed by atoms with Crippen molar-refractivity contribution in [3.8, 4) is 5.75 Å². The first-order chi connectivity index (χ1) is 26.2. The molecule has 4 N–H and O–H groups in total. The zero-order valence-corrected chi connectivity index (χ0v) is 28.8. The van der Waals surface area contributed by atoms with Gasteiger partial charge in [0.25, 0.3) is 17.0 Å². The summed E-state index contributed by atoms with van der Waals surface area (Å²) in [6.45, 7) is 0. The number of primary amides is 1. The molecule has 0 aliphatic carbocycles. The molecule has 7 rings (SSSR count). The number of hydrogen-bond acceptors (Lipinski definition) is 7. The number of carbonyl (C=O) groups excluding carboxylic acids is 2. The first-order valence-electron chi connectivity index (χ1n) is 16.2. The van der Waals surface area contributed by atoms with E-state index >= 15 is 0 Å². The van der Waals surface area contributed by atoms with Gasteiger partial charge in [-0.1, -0.05) is 60.7 Å². The highest BCUT2D eigenvalue weighted by atomic mass is 19.2. The van der Waals surface area contributed by atoms with Crippen molar-refractivity contribution in [3.05, 3.63) is 170 Å². The molecule has 7 aromatic rings. The minimum absolute atomic E-state index is 0.0951. The number of nitrogens with zero attached hydrogens (tertiary/aromatic N) is 2. The smallest absolute Gasteiger partial charge is 0.347 e. The second-order valence-corrected chi connectivity index (χ2v) is 12.1. The number of nitrogens with two attached hydrogens (primary N) is 1. The van der Waals surface area contributed by atoms with Gasteiger partial charge in [0.05, 0.1) is 16.9 Å². The number of carbonyl (C=O) groups is 2. The second-order valence-electron chi connectivity index (χ2n) is 12.1. The predicted molar refractivity (Wildman–Crippen MR) is 198 cm³/mol. The Morgan fingerprint density at radius 2 is 0.964 bits per heavy atom. The number of aryl methyl sites for hydroxylation is 2. The molecule has 0 bridgehead atoms. The number of fused-ring (bicyclic) bond motifs is 2. The van der Waals surface area contributed by atoms with Crippen LogP contribution in [-0.2, 0) is 14.1 Å². The van der Waals surface area contributed by atoms with Crippen LogP contribution in [0, 0.1) is 29.1 Å². The minimum Gasteiger partial charge on any atom is -0.416 e. The lowest BCUT2D eigenvalue weighted by Gasteiger charge is -2.14. The van der Waals surface area contributed by atoms with Crippen LogP contribution in [0.25, 0.3) is 21.5 Å². The highest BCUT2D eigenvalue weighted by Crippen LogP contribution is 2.31. The summed E-state index contributed by atoms with van der Waals surface area (Å²) in [6.07, 6.45) is 2.45. The number of halogens is 5. The maximum Gasteiger partial charge on any atom is 0.347 e. The molecular formula is C40H28F5N5O5. The third kappa shape index (κ3) is 7.90.